The maximum atomic E-state index is 11.8. The minimum atomic E-state index is -0.940. The summed E-state index contributed by atoms with van der Waals surface area (Å²) in [5, 5.41) is 11.8. The van der Waals surface area contributed by atoms with Crippen LogP contribution in [0.5, 0.6) is 0 Å². The van der Waals surface area contributed by atoms with Gasteiger partial charge in [-0.05, 0) is 102 Å². The van der Waals surface area contributed by atoms with Crippen LogP contribution in [-0.2, 0) is 14.9 Å². The zero-order valence-corrected chi connectivity index (χ0v) is 20.2. The molecular weight excluding hydrogens is 428 g/mol. The molecule has 2 aromatic carbocycles. The molecule has 34 heavy (non-hydrogen) atoms. The van der Waals surface area contributed by atoms with Crippen LogP contribution in [0, 0.1) is 27.9 Å². The standard InChI is InChI=1S/C28H36N2O4/c1-33-16-26(29)23-10-22(11-24(12-23)27(17-34-2)30(31)32)21-3-5-25(6-4-21)28-13-18-7-19(14-28)9-20(8-18)15-28/h3-6,10-12,18-20,26-27H,7-9,13-17,29H2,1-2H3. The lowest BCUT2D eigenvalue weighted by Crippen LogP contribution is -2.48. The third kappa shape index (κ3) is 4.39. The van der Waals surface area contributed by atoms with Crippen molar-refractivity contribution in [2.45, 2.75) is 56.0 Å². The molecule has 2 aromatic rings. The maximum Gasteiger partial charge on any atom is 0.261 e. The number of nitro groups is 1. The third-order valence-electron chi connectivity index (χ3n) is 8.58. The first-order valence-electron chi connectivity index (χ1n) is 12.5. The number of hydrogen-bond donors (Lipinski definition) is 1. The van der Waals surface area contributed by atoms with E-state index in [1.54, 1.807) is 7.11 Å². The maximum absolute atomic E-state index is 11.8. The average molecular weight is 465 g/mol. The summed E-state index contributed by atoms with van der Waals surface area (Å²) in [6, 6.07) is 13.5. The number of ether oxygens (including phenoxy) is 2. The van der Waals surface area contributed by atoms with Gasteiger partial charge in [0.2, 0.25) is 0 Å². The Balaban J connectivity index is 1.48. The van der Waals surface area contributed by atoms with Crippen molar-refractivity contribution in [3.8, 4) is 11.1 Å². The molecule has 4 aliphatic rings. The van der Waals surface area contributed by atoms with E-state index in [0.29, 0.717) is 17.6 Å². The van der Waals surface area contributed by atoms with Gasteiger partial charge in [-0.1, -0.05) is 24.3 Å². The van der Waals surface area contributed by atoms with Gasteiger partial charge in [0.1, 0.15) is 6.61 Å². The number of nitrogens with zero attached hydrogens (tertiary/aromatic N) is 1. The van der Waals surface area contributed by atoms with Crippen LogP contribution in [0.1, 0.15) is 67.3 Å². The fraction of sp³-hybridized carbons (Fsp3) is 0.571. The fourth-order valence-corrected chi connectivity index (χ4v) is 7.44. The lowest BCUT2D eigenvalue weighted by atomic mass is 9.48. The summed E-state index contributed by atoms with van der Waals surface area (Å²) in [6.07, 6.45) is 8.33. The zero-order valence-electron chi connectivity index (χ0n) is 20.2. The van der Waals surface area contributed by atoms with Crippen molar-refractivity contribution in [1.29, 1.82) is 0 Å². The Morgan fingerprint density at radius 3 is 2.00 bits per heavy atom. The van der Waals surface area contributed by atoms with Crippen molar-refractivity contribution >= 4 is 0 Å². The van der Waals surface area contributed by atoms with Gasteiger partial charge in [0.15, 0.2) is 0 Å². The van der Waals surface area contributed by atoms with Gasteiger partial charge in [-0.25, -0.2) is 0 Å². The molecule has 0 aliphatic heterocycles. The minimum Gasteiger partial charge on any atom is -0.383 e. The second kappa shape index (κ2) is 9.40. The molecule has 0 saturated heterocycles. The van der Waals surface area contributed by atoms with Gasteiger partial charge in [-0.3, -0.25) is 10.1 Å². The number of rotatable bonds is 9. The van der Waals surface area contributed by atoms with Crippen LogP contribution in [-0.4, -0.2) is 32.4 Å². The molecule has 4 fully saturated rings. The molecule has 4 bridgehead atoms. The smallest absolute Gasteiger partial charge is 0.261 e. The summed E-state index contributed by atoms with van der Waals surface area (Å²) in [4.78, 5) is 11.5. The molecule has 0 radical (unpaired) electrons. The predicted molar refractivity (Wildman–Crippen MR) is 132 cm³/mol. The Labute approximate surface area is 202 Å². The van der Waals surface area contributed by atoms with Gasteiger partial charge in [-0.15, -0.1) is 0 Å². The lowest BCUT2D eigenvalue weighted by molar-refractivity contribution is -0.532. The molecule has 0 spiro atoms. The molecule has 0 amide bonds. The predicted octanol–water partition coefficient (Wildman–Crippen LogP) is 5.43. The largest absolute Gasteiger partial charge is 0.383 e. The van der Waals surface area contributed by atoms with E-state index >= 15 is 0 Å². The fourth-order valence-electron chi connectivity index (χ4n) is 7.44. The van der Waals surface area contributed by atoms with Crippen LogP contribution >= 0.6 is 0 Å². The molecule has 0 heterocycles. The summed E-state index contributed by atoms with van der Waals surface area (Å²) in [7, 11) is 3.10. The minimum absolute atomic E-state index is 0.0143. The molecule has 6 nitrogen and oxygen atoms in total. The average Bonchev–Trinajstić information content (AvgIpc) is 2.81. The molecule has 6 rings (SSSR count). The molecule has 6 heteroatoms. The van der Waals surface area contributed by atoms with Gasteiger partial charge in [0.25, 0.3) is 6.04 Å². The van der Waals surface area contributed by atoms with Crippen LogP contribution in [0.2, 0.25) is 0 Å². The third-order valence-corrected chi connectivity index (χ3v) is 8.58. The van der Waals surface area contributed by atoms with E-state index in [0.717, 1.165) is 34.4 Å². The summed E-state index contributed by atoms with van der Waals surface area (Å²) < 4.78 is 10.4. The van der Waals surface area contributed by atoms with E-state index in [-0.39, 0.29) is 17.6 Å². The van der Waals surface area contributed by atoms with E-state index in [2.05, 4.69) is 24.3 Å². The summed E-state index contributed by atoms with van der Waals surface area (Å²) in [5.74, 6) is 2.73. The highest BCUT2D eigenvalue weighted by molar-refractivity contribution is 5.66. The second-order valence-corrected chi connectivity index (χ2v) is 11.0. The van der Waals surface area contributed by atoms with Crippen molar-refractivity contribution in [3.63, 3.8) is 0 Å². The monoisotopic (exact) mass is 464 g/mol. The molecule has 2 N–H and O–H groups in total. The first-order chi connectivity index (χ1) is 16.4. The van der Waals surface area contributed by atoms with Crippen LogP contribution in [0.4, 0.5) is 0 Å². The highest BCUT2D eigenvalue weighted by Crippen LogP contribution is 2.60. The van der Waals surface area contributed by atoms with Crippen molar-refractivity contribution in [2.75, 3.05) is 27.4 Å². The number of nitrogens with two attached hydrogens (primary N) is 1. The van der Waals surface area contributed by atoms with E-state index in [1.165, 1.54) is 51.2 Å². The Hall–Kier alpha value is -2.28. The molecule has 4 saturated carbocycles. The Morgan fingerprint density at radius 1 is 0.912 bits per heavy atom. The van der Waals surface area contributed by atoms with Crippen molar-refractivity contribution in [2.24, 2.45) is 23.5 Å². The van der Waals surface area contributed by atoms with Gasteiger partial charge in [0, 0.05) is 24.7 Å². The second-order valence-electron chi connectivity index (χ2n) is 11.0. The van der Waals surface area contributed by atoms with Crippen LogP contribution in [0.15, 0.2) is 42.5 Å². The van der Waals surface area contributed by atoms with Gasteiger partial charge >= 0.3 is 0 Å². The highest BCUT2D eigenvalue weighted by Gasteiger charge is 2.51. The molecule has 2 unspecified atom stereocenters. The number of benzene rings is 2. The summed E-state index contributed by atoms with van der Waals surface area (Å²) in [6.45, 7) is 0.363. The SMILES string of the molecule is COCC(N)c1cc(-c2ccc(C34CC5CC(CC(C5)C3)C4)cc2)cc(C(COC)[N+](=O)[O-])c1. The van der Waals surface area contributed by atoms with Crippen molar-refractivity contribution in [3.05, 3.63) is 69.3 Å². The first-order valence-corrected chi connectivity index (χ1v) is 12.5. The molecular formula is C28H36N2O4. The summed E-state index contributed by atoms with van der Waals surface area (Å²) in [5.41, 5.74) is 11.6. The van der Waals surface area contributed by atoms with Crippen LogP contribution in [0.3, 0.4) is 0 Å². The van der Waals surface area contributed by atoms with E-state index in [4.69, 9.17) is 15.2 Å². The molecule has 2 atom stereocenters. The zero-order chi connectivity index (χ0) is 23.9. The van der Waals surface area contributed by atoms with E-state index in [1.807, 2.05) is 18.2 Å². The van der Waals surface area contributed by atoms with Crippen molar-refractivity contribution in [1.82, 2.24) is 0 Å². The summed E-state index contributed by atoms with van der Waals surface area (Å²) >= 11 is 0. The van der Waals surface area contributed by atoms with E-state index in [9.17, 15) is 10.1 Å². The lowest BCUT2D eigenvalue weighted by Gasteiger charge is -2.57. The van der Waals surface area contributed by atoms with Crippen LogP contribution in [0.25, 0.3) is 11.1 Å². The van der Waals surface area contributed by atoms with Gasteiger partial charge < -0.3 is 15.2 Å². The first kappa shape index (κ1) is 23.5. The Kier molecular flexibility index (Phi) is 6.49. The molecule has 0 aromatic heterocycles. The quantitative estimate of drug-likeness (QED) is 0.395. The molecule has 4 aliphatic carbocycles. The van der Waals surface area contributed by atoms with Crippen molar-refractivity contribution < 1.29 is 14.4 Å². The highest BCUT2D eigenvalue weighted by atomic mass is 16.6. The Bertz CT molecular complexity index is 1000. The van der Waals surface area contributed by atoms with Crippen LogP contribution < -0.4 is 5.73 Å². The van der Waals surface area contributed by atoms with Gasteiger partial charge in [-0.2, -0.15) is 0 Å². The topological polar surface area (TPSA) is 87.6 Å². The number of methoxy groups -OCH3 is 2. The molecule has 182 valence electrons. The Morgan fingerprint density at radius 2 is 1.47 bits per heavy atom. The normalized spacial score (nSPS) is 29.2. The van der Waals surface area contributed by atoms with Gasteiger partial charge in [0.05, 0.1) is 12.6 Å². The van der Waals surface area contributed by atoms with E-state index < -0.39 is 6.04 Å². The number of hydrogen-bond acceptors (Lipinski definition) is 5.